The van der Waals surface area contributed by atoms with Gasteiger partial charge in [0.25, 0.3) is 5.91 Å². The summed E-state index contributed by atoms with van der Waals surface area (Å²) in [6.45, 7) is 0. The zero-order valence-electron chi connectivity index (χ0n) is 15.3. The summed E-state index contributed by atoms with van der Waals surface area (Å²) in [6, 6.07) is 12.4. The van der Waals surface area contributed by atoms with Gasteiger partial charge in [0.2, 0.25) is 0 Å². The zero-order valence-corrected chi connectivity index (χ0v) is 16.9. The lowest BCUT2D eigenvalue weighted by molar-refractivity contribution is 0.0939. The number of carbonyl (C=O) groups is 1. The largest absolute Gasteiger partial charge is 0.497 e. The number of halogens is 1. The highest BCUT2D eigenvalue weighted by Crippen LogP contribution is 2.30. The quantitative estimate of drug-likeness (QED) is 0.648. The van der Waals surface area contributed by atoms with Crippen molar-refractivity contribution in [3.8, 4) is 11.5 Å². The Morgan fingerprint density at radius 1 is 1.19 bits per heavy atom. The minimum absolute atomic E-state index is 0.250. The second-order valence-electron chi connectivity index (χ2n) is 5.89. The van der Waals surface area contributed by atoms with E-state index in [0.29, 0.717) is 27.4 Å². The van der Waals surface area contributed by atoms with Gasteiger partial charge in [-0.25, -0.2) is 4.98 Å². The first-order valence-corrected chi connectivity index (χ1v) is 9.09. The predicted octanol–water partition coefficient (Wildman–Crippen LogP) is 3.72. The average molecular weight is 430 g/mol. The summed E-state index contributed by atoms with van der Waals surface area (Å²) in [7, 11) is 5.06. The number of para-hydroxylation sites is 1. The van der Waals surface area contributed by atoms with Crippen LogP contribution in [0.3, 0.4) is 0 Å². The van der Waals surface area contributed by atoms with Crippen LogP contribution >= 0.6 is 15.9 Å². The molecule has 3 aromatic rings. The van der Waals surface area contributed by atoms with E-state index in [0.717, 1.165) is 5.56 Å². The van der Waals surface area contributed by atoms with E-state index in [4.69, 9.17) is 9.47 Å². The molecule has 0 bridgehead atoms. The molecule has 1 amide bonds. The number of aromatic nitrogens is 2. The van der Waals surface area contributed by atoms with Crippen LogP contribution in [0, 0.1) is 0 Å². The summed E-state index contributed by atoms with van der Waals surface area (Å²) in [5, 5.41) is 3.07. The molecule has 0 saturated carbocycles. The summed E-state index contributed by atoms with van der Waals surface area (Å²) >= 11 is 3.44. The smallest absolute Gasteiger partial charge is 0.253 e. The average Bonchev–Trinajstić information content (AvgIpc) is 3.12. The highest BCUT2D eigenvalue weighted by molar-refractivity contribution is 9.10. The second kappa shape index (κ2) is 8.26. The highest BCUT2D eigenvalue weighted by Gasteiger charge is 2.25. The Balaban J connectivity index is 2.02. The van der Waals surface area contributed by atoms with E-state index in [1.54, 1.807) is 38.6 Å². The number of benzene rings is 2. The van der Waals surface area contributed by atoms with Crippen molar-refractivity contribution in [3.63, 3.8) is 0 Å². The molecule has 0 aliphatic rings. The Hall–Kier alpha value is -2.80. The Bertz CT molecular complexity index is 955. The molecule has 0 aliphatic carbocycles. The molecule has 0 fully saturated rings. The van der Waals surface area contributed by atoms with Crippen LogP contribution in [-0.4, -0.2) is 29.7 Å². The number of aryl methyl sites for hydroxylation is 1. The van der Waals surface area contributed by atoms with Gasteiger partial charge in [0.15, 0.2) is 0 Å². The molecule has 0 spiro atoms. The van der Waals surface area contributed by atoms with Gasteiger partial charge in [-0.3, -0.25) is 4.79 Å². The van der Waals surface area contributed by atoms with Gasteiger partial charge < -0.3 is 19.4 Å². The highest BCUT2D eigenvalue weighted by atomic mass is 79.9. The van der Waals surface area contributed by atoms with E-state index >= 15 is 0 Å². The predicted molar refractivity (Wildman–Crippen MR) is 106 cm³/mol. The minimum Gasteiger partial charge on any atom is -0.497 e. The van der Waals surface area contributed by atoms with Crippen molar-refractivity contribution in [2.45, 2.75) is 6.04 Å². The fourth-order valence-corrected chi connectivity index (χ4v) is 3.28. The third-order valence-corrected chi connectivity index (χ3v) is 4.95. The number of hydrogen-bond acceptors (Lipinski definition) is 4. The summed E-state index contributed by atoms with van der Waals surface area (Å²) in [4.78, 5) is 17.5. The van der Waals surface area contributed by atoms with Crippen LogP contribution in [0.4, 0.5) is 0 Å². The standard InChI is InChI=1S/C20H20BrN3O3/c1-24-11-10-22-19(24)18(14-6-4-5-7-17(14)27-3)23-20(25)15-12-13(26-2)8-9-16(15)21/h4-12,18H,1-3H3,(H,23,25). The number of rotatable bonds is 6. The maximum absolute atomic E-state index is 13.0. The van der Waals surface area contributed by atoms with Crippen molar-refractivity contribution in [2.75, 3.05) is 14.2 Å². The summed E-state index contributed by atoms with van der Waals surface area (Å²) in [5.74, 6) is 1.73. The van der Waals surface area contributed by atoms with E-state index in [9.17, 15) is 4.79 Å². The number of imidazole rings is 1. The molecule has 1 heterocycles. The van der Waals surface area contributed by atoms with Crippen LogP contribution in [0.5, 0.6) is 11.5 Å². The van der Waals surface area contributed by atoms with Crippen molar-refractivity contribution in [1.82, 2.24) is 14.9 Å². The third kappa shape index (κ3) is 3.98. The Kier molecular flexibility index (Phi) is 5.81. The maximum Gasteiger partial charge on any atom is 0.253 e. The topological polar surface area (TPSA) is 65.4 Å². The lowest BCUT2D eigenvalue weighted by atomic mass is 10.0. The molecule has 1 atom stereocenters. The second-order valence-corrected chi connectivity index (χ2v) is 6.74. The SMILES string of the molecule is COc1ccc(Br)c(C(=O)NC(c2ccccc2OC)c2nccn2C)c1. The molecule has 0 saturated heterocycles. The monoisotopic (exact) mass is 429 g/mol. The number of nitrogens with one attached hydrogen (secondary N) is 1. The first-order chi connectivity index (χ1) is 13.0. The Labute approximate surface area is 166 Å². The molecule has 0 radical (unpaired) electrons. The van der Waals surface area contributed by atoms with E-state index in [2.05, 4.69) is 26.2 Å². The molecule has 7 heteroatoms. The van der Waals surface area contributed by atoms with Gasteiger partial charge in [-0.15, -0.1) is 0 Å². The van der Waals surface area contributed by atoms with Crippen molar-refractivity contribution in [1.29, 1.82) is 0 Å². The number of amides is 1. The summed E-state index contributed by atoms with van der Waals surface area (Å²) in [5.41, 5.74) is 1.30. The third-order valence-electron chi connectivity index (χ3n) is 4.26. The van der Waals surface area contributed by atoms with Gasteiger partial charge in [-0.1, -0.05) is 18.2 Å². The van der Waals surface area contributed by atoms with E-state index in [1.165, 1.54) is 0 Å². The van der Waals surface area contributed by atoms with Crippen molar-refractivity contribution >= 4 is 21.8 Å². The van der Waals surface area contributed by atoms with Crippen LogP contribution in [0.25, 0.3) is 0 Å². The number of hydrogen-bond donors (Lipinski definition) is 1. The molecule has 0 aliphatic heterocycles. The number of carbonyl (C=O) groups excluding carboxylic acids is 1. The first-order valence-electron chi connectivity index (χ1n) is 8.29. The van der Waals surface area contributed by atoms with Crippen molar-refractivity contribution in [3.05, 3.63) is 76.3 Å². The van der Waals surface area contributed by atoms with Gasteiger partial charge in [-0.05, 0) is 40.2 Å². The number of nitrogens with zero attached hydrogens (tertiary/aromatic N) is 2. The molecular formula is C20H20BrN3O3. The van der Waals surface area contributed by atoms with Crippen molar-refractivity contribution in [2.24, 2.45) is 7.05 Å². The molecule has 1 N–H and O–H groups in total. The Morgan fingerprint density at radius 2 is 1.96 bits per heavy atom. The molecule has 3 rings (SSSR count). The van der Waals surface area contributed by atoms with Gasteiger partial charge in [-0.2, -0.15) is 0 Å². The van der Waals surface area contributed by atoms with E-state index in [1.807, 2.05) is 42.1 Å². The zero-order chi connectivity index (χ0) is 19.4. The van der Waals surface area contributed by atoms with Crippen LogP contribution in [0.1, 0.15) is 27.8 Å². The Morgan fingerprint density at radius 3 is 2.63 bits per heavy atom. The first kappa shape index (κ1) is 19.0. The van der Waals surface area contributed by atoms with Crippen LogP contribution in [-0.2, 0) is 7.05 Å². The number of ether oxygens (including phenoxy) is 2. The van der Waals surface area contributed by atoms with Crippen molar-refractivity contribution < 1.29 is 14.3 Å². The van der Waals surface area contributed by atoms with E-state index in [-0.39, 0.29) is 5.91 Å². The number of methoxy groups -OCH3 is 2. The van der Waals surface area contributed by atoms with Crippen LogP contribution < -0.4 is 14.8 Å². The van der Waals surface area contributed by atoms with Gasteiger partial charge >= 0.3 is 0 Å². The fraction of sp³-hybridized carbons (Fsp3) is 0.200. The van der Waals surface area contributed by atoms with Crippen LogP contribution in [0.15, 0.2) is 59.3 Å². The summed E-state index contributed by atoms with van der Waals surface area (Å²) in [6.07, 6.45) is 3.54. The molecule has 2 aromatic carbocycles. The fourth-order valence-electron chi connectivity index (χ4n) is 2.86. The molecule has 140 valence electrons. The molecule has 6 nitrogen and oxygen atoms in total. The molecule has 1 unspecified atom stereocenters. The maximum atomic E-state index is 13.0. The minimum atomic E-state index is -0.480. The van der Waals surface area contributed by atoms with Gasteiger partial charge in [0.05, 0.1) is 19.8 Å². The normalized spacial score (nSPS) is 11.7. The lowest BCUT2D eigenvalue weighted by Gasteiger charge is -2.21. The van der Waals surface area contributed by atoms with Crippen LogP contribution in [0.2, 0.25) is 0 Å². The lowest BCUT2D eigenvalue weighted by Crippen LogP contribution is -2.31. The molecular weight excluding hydrogens is 410 g/mol. The molecule has 1 aromatic heterocycles. The summed E-state index contributed by atoms with van der Waals surface area (Å²) < 4.78 is 13.3. The van der Waals surface area contributed by atoms with E-state index < -0.39 is 6.04 Å². The van der Waals surface area contributed by atoms with Gasteiger partial charge in [0.1, 0.15) is 23.4 Å². The molecule has 27 heavy (non-hydrogen) atoms. The van der Waals surface area contributed by atoms with Gasteiger partial charge in [0, 0.05) is 29.5 Å².